The van der Waals surface area contributed by atoms with Crippen molar-refractivity contribution >= 4 is 0 Å². The molecule has 1 aliphatic rings. The normalized spacial score (nSPS) is 13.4. The van der Waals surface area contributed by atoms with Crippen molar-refractivity contribution in [2.75, 3.05) is 0 Å². The number of fused-ring (bicyclic) bond motifs is 1. The molecule has 1 aliphatic carbocycles. The second-order valence-electron chi connectivity index (χ2n) is 4.55. The molecule has 0 radical (unpaired) electrons. The molecule has 0 spiro atoms. The summed E-state index contributed by atoms with van der Waals surface area (Å²) < 4.78 is 5.72. The molecule has 0 fully saturated rings. The van der Waals surface area contributed by atoms with Crippen LogP contribution in [0, 0.1) is 0 Å². The smallest absolute Gasteiger partial charge is 0.219 e. The highest BCUT2D eigenvalue weighted by molar-refractivity contribution is 5.39. The van der Waals surface area contributed by atoms with Gasteiger partial charge in [0, 0.05) is 12.3 Å². The fourth-order valence-corrected chi connectivity index (χ4v) is 2.34. The standard InChI is InChI=1S/C15H15NO2/c17-10-11-6-7-16-15(8-11)18-14-5-4-12-2-1-3-13(12)9-14/h4-9,17H,1-3,10H2. The third-order valence-corrected chi connectivity index (χ3v) is 3.27. The molecule has 92 valence electrons. The minimum absolute atomic E-state index is 0.00304. The van der Waals surface area contributed by atoms with Crippen LogP contribution in [0.2, 0.25) is 0 Å². The summed E-state index contributed by atoms with van der Waals surface area (Å²) in [6, 6.07) is 9.74. The Morgan fingerprint density at radius 1 is 1.11 bits per heavy atom. The van der Waals surface area contributed by atoms with Crippen molar-refractivity contribution in [2.45, 2.75) is 25.9 Å². The molecule has 0 bridgehead atoms. The van der Waals surface area contributed by atoms with Gasteiger partial charge in [-0.1, -0.05) is 6.07 Å². The first-order chi connectivity index (χ1) is 8.85. The Hall–Kier alpha value is -1.87. The second kappa shape index (κ2) is 4.78. The number of rotatable bonds is 3. The van der Waals surface area contributed by atoms with Gasteiger partial charge in [0.1, 0.15) is 5.75 Å². The Morgan fingerprint density at radius 3 is 2.89 bits per heavy atom. The first kappa shape index (κ1) is 11.2. The van der Waals surface area contributed by atoms with Gasteiger partial charge < -0.3 is 9.84 Å². The van der Waals surface area contributed by atoms with Crippen LogP contribution in [0.3, 0.4) is 0 Å². The van der Waals surface area contributed by atoms with Crippen LogP contribution >= 0.6 is 0 Å². The lowest BCUT2D eigenvalue weighted by Gasteiger charge is -2.07. The Kier molecular flexibility index (Phi) is 2.99. The van der Waals surface area contributed by atoms with Crippen LogP contribution in [0.15, 0.2) is 36.5 Å². The van der Waals surface area contributed by atoms with Gasteiger partial charge in [0.2, 0.25) is 5.88 Å². The van der Waals surface area contributed by atoms with E-state index in [-0.39, 0.29) is 6.61 Å². The van der Waals surface area contributed by atoms with Crippen LogP contribution in [0.1, 0.15) is 23.1 Å². The van der Waals surface area contributed by atoms with E-state index in [2.05, 4.69) is 17.1 Å². The highest BCUT2D eigenvalue weighted by Gasteiger charge is 2.11. The van der Waals surface area contributed by atoms with Gasteiger partial charge >= 0.3 is 0 Å². The molecule has 0 saturated carbocycles. The van der Waals surface area contributed by atoms with E-state index in [0.717, 1.165) is 17.7 Å². The number of aryl methyl sites for hydroxylation is 2. The summed E-state index contributed by atoms with van der Waals surface area (Å²) in [4.78, 5) is 4.14. The van der Waals surface area contributed by atoms with Gasteiger partial charge in [-0.25, -0.2) is 4.98 Å². The van der Waals surface area contributed by atoms with E-state index in [4.69, 9.17) is 9.84 Å². The largest absolute Gasteiger partial charge is 0.439 e. The zero-order valence-corrected chi connectivity index (χ0v) is 10.1. The number of hydrogen-bond donors (Lipinski definition) is 1. The van der Waals surface area contributed by atoms with Crippen LogP contribution in [0.25, 0.3) is 0 Å². The molecule has 0 aliphatic heterocycles. The fourth-order valence-electron chi connectivity index (χ4n) is 2.34. The second-order valence-corrected chi connectivity index (χ2v) is 4.55. The Bertz CT molecular complexity index is 566. The summed E-state index contributed by atoms with van der Waals surface area (Å²) in [6.07, 6.45) is 5.19. The highest BCUT2D eigenvalue weighted by atomic mass is 16.5. The maximum absolute atomic E-state index is 9.07. The molecule has 1 aromatic carbocycles. The molecule has 3 heteroatoms. The van der Waals surface area contributed by atoms with Crippen molar-refractivity contribution < 1.29 is 9.84 Å². The summed E-state index contributed by atoms with van der Waals surface area (Å²) in [7, 11) is 0. The lowest BCUT2D eigenvalue weighted by molar-refractivity contribution is 0.281. The summed E-state index contributed by atoms with van der Waals surface area (Å²) in [5.74, 6) is 1.35. The number of pyridine rings is 1. The molecule has 3 nitrogen and oxygen atoms in total. The number of aliphatic hydroxyl groups excluding tert-OH is 1. The number of aliphatic hydroxyl groups is 1. The van der Waals surface area contributed by atoms with Gasteiger partial charge in [-0.3, -0.25) is 0 Å². The average Bonchev–Trinajstić information content (AvgIpc) is 2.86. The molecule has 1 aromatic heterocycles. The number of ether oxygens (including phenoxy) is 1. The third-order valence-electron chi connectivity index (χ3n) is 3.27. The van der Waals surface area contributed by atoms with Gasteiger partial charge in [0.25, 0.3) is 0 Å². The van der Waals surface area contributed by atoms with Crippen molar-refractivity contribution in [1.82, 2.24) is 4.98 Å². The van der Waals surface area contributed by atoms with E-state index in [0.29, 0.717) is 5.88 Å². The Labute approximate surface area is 106 Å². The maximum atomic E-state index is 9.07. The van der Waals surface area contributed by atoms with Crippen molar-refractivity contribution in [3.05, 3.63) is 53.2 Å². The maximum Gasteiger partial charge on any atom is 0.219 e. The van der Waals surface area contributed by atoms with Crippen LogP contribution in [0.5, 0.6) is 11.6 Å². The van der Waals surface area contributed by atoms with E-state index < -0.39 is 0 Å². The number of nitrogens with zero attached hydrogens (tertiary/aromatic N) is 1. The fraction of sp³-hybridized carbons (Fsp3) is 0.267. The molecule has 0 atom stereocenters. The quantitative estimate of drug-likeness (QED) is 0.898. The minimum atomic E-state index is 0.00304. The third kappa shape index (κ3) is 2.22. The SMILES string of the molecule is OCc1ccnc(Oc2ccc3c(c2)CCC3)c1. The highest BCUT2D eigenvalue weighted by Crippen LogP contribution is 2.28. The monoisotopic (exact) mass is 241 g/mol. The topological polar surface area (TPSA) is 42.4 Å². The minimum Gasteiger partial charge on any atom is -0.439 e. The lowest BCUT2D eigenvalue weighted by Crippen LogP contribution is -1.91. The Balaban J connectivity index is 1.83. The molecule has 0 saturated heterocycles. The molecule has 0 unspecified atom stereocenters. The predicted molar refractivity (Wildman–Crippen MR) is 68.7 cm³/mol. The number of benzene rings is 1. The van der Waals surface area contributed by atoms with Crippen molar-refractivity contribution in [3.8, 4) is 11.6 Å². The average molecular weight is 241 g/mol. The van der Waals surface area contributed by atoms with Gasteiger partial charge in [-0.05, 0) is 54.2 Å². The van der Waals surface area contributed by atoms with Crippen molar-refractivity contribution in [1.29, 1.82) is 0 Å². The summed E-state index contributed by atoms with van der Waals surface area (Å²) >= 11 is 0. The molecule has 1 N–H and O–H groups in total. The van der Waals surface area contributed by atoms with Crippen molar-refractivity contribution in [3.63, 3.8) is 0 Å². The Morgan fingerprint density at radius 2 is 2.00 bits per heavy atom. The molecule has 1 heterocycles. The first-order valence-corrected chi connectivity index (χ1v) is 6.20. The summed E-state index contributed by atoms with van der Waals surface area (Å²) in [5, 5.41) is 9.07. The molecular formula is C15H15NO2. The van der Waals surface area contributed by atoms with Crippen LogP contribution in [0.4, 0.5) is 0 Å². The van der Waals surface area contributed by atoms with Crippen LogP contribution < -0.4 is 4.74 Å². The van der Waals surface area contributed by atoms with Gasteiger partial charge in [0.05, 0.1) is 6.61 Å². The van der Waals surface area contributed by atoms with Crippen molar-refractivity contribution in [2.24, 2.45) is 0 Å². The first-order valence-electron chi connectivity index (χ1n) is 6.20. The number of aromatic nitrogens is 1. The molecular weight excluding hydrogens is 226 g/mol. The van der Waals surface area contributed by atoms with E-state index in [1.54, 1.807) is 18.3 Å². The zero-order valence-electron chi connectivity index (χ0n) is 10.1. The summed E-state index contributed by atoms with van der Waals surface area (Å²) in [6.45, 7) is 0.00304. The van der Waals surface area contributed by atoms with E-state index in [1.807, 2.05) is 6.07 Å². The molecule has 18 heavy (non-hydrogen) atoms. The van der Waals surface area contributed by atoms with Gasteiger partial charge in [-0.15, -0.1) is 0 Å². The number of hydrogen-bond acceptors (Lipinski definition) is 3. The predicted octanol–water partition coefficient (Wildman–Crippen LogP) is 2.85. The zero-order chi connectivity index (χ0) is 12.4. The molecule has 3 rings (SSSR count). The van der Waals surface area contributed by atoms with Crippen LogP contribution in [-0.4, -0.2) is 10.1 Å². The van der Waals surface area contributed by atoms with E-state index >= 15 is 0 Å². The van der Waals surface area contributed by atoms with Crippen LogP contribution in [-0.2, 0) is 19.4 Å². The van der Waals surface area contributed by atoms with E-state index in [9.17, 15) is 0 Å². The lowest BCUT2D eigenvalue weighted by atomic mass is 10.1. The summed E-state index contributed by atoms with van der Waals surface area (Å²) in [5.41, 5.74) is 3.62. The van der Waals surface area contributed by atoms with Gasteiger partial charge in [-0.2, -0.15) is 0 Å². The van der Waals surface area contributed by atoms with E-state index in [1.165, 1.54) is 24.0 Å². The molecule has 2 aromatic rings. The van der Waals surface area contributed by atoms with Gasteiger partial charge in [0.15, 0.2) is 0 Å². The molecule has 0 amide bonds.